The van der Waals surface area contributed by atoms with Crippen LogP contribution in [0.4, 0.5) is 4.39 Å². The van der Waals surface area contributed by atoms with Crippen molar-refractivity contribution >= 4 is 17.0 Å². The Labute approximate surface area is 226 Å². The van der Waals surface area contributed by atoms with Crippen molar-refractivity contribution < 1.29 is 13.9 Å². The van der Waals surface area contributed by atoms with Crippen molar-refractivity contribution in [2.24, 2.45) is 17.8 Å². The number of esters is 1. The Balaban J connectivity index is 1.26. The Bertz CT molecular complexity index is 1220. The summed E-state index contributed by atoms with van der Waals surface area (Å²) < 4.78 is 20.7. The normalized spacial score (nSPS) is 24.8. The average Bonchev–Trinajstić information content (AvgIpc) is 3.28. The number of carbonyl (C=O) groups excluding carboxylic acids is 1. The fraction of sp³-hybridized carbons (Fsp3) is 0.562. The third-order valence-electron chi connectivity index (χ3n) is 8.97. The number of hydrogen-bond acceptors (Lipinski definition) is 4. The van der Waals surface area contributed by atoms with Gasteiger partial charge in [0.2, 0.25) is 0 Å². The van der Waals surface area contributed by atoms with Crippen molar-refractivity contribution in [3.63, 3.8) is 0 Å². The van der Waals surface area contributed by atoms with E-state index in [4.69, 9.17) is 4.74 Å². The van der Waals surface area contributed by atoms with Crippen LogP contribution in [0.3, 0.4) is 0 Å². The van der Waals surface area contributed by atoms with Gasteiger partial charge in [0.25, 0.3) is 0 Å². The largest absolute Gasteiger partial charge is 0.458 e. The van der Waals surface area contributed by atoms with Gasteiger partial charge < -0.3 is 15.0 Å². The van der Waals surface area contributed by atoms with Gasteiger partial charge in [-0.25, -0.2) is 9.37 Å². The molecule has 3 aromatic rings. The molecule has 2 N–H and O–H groups in total. The van der Waals surface area contributed by atoms with Crippen molar-refractivity contribution in [2.75, 3.05) is 13.1 Å². The molecule has 0 bridgehead atoms. The van der Waals surface area contributed by atoms with E-state index in [-0.39, 0.29) is 29.5 Å². The summed E-state index contributed by atoms with van der Waals surface area (Å²) in [5.41, 5.74) is 3.71. The van der Waals surface area contributed by atoms with Crippen LogP contribution in [-0.4, -0.2) is 34.6 Å². The highest BCUT2D eigenvalue weighted by Crippen LogP contribution is 2.49. The summed E-state index contributed by atoms with van der Waals surface area (Å²) in [4.78, 5) is 21.5. The molecule has 2 aromatic carbocycles. The number of benzene rings is 2. The number of aryl methyl sites for hydroxylation is 2. The monoisotopic (exact) mass is 519 g/mol. The van der Waals surface area contributed by atoms with Crippen LogP contribution in [0.5, 0.6) is 0 Å². The van der Waals surface area contributed by atoms with E-state index in [9.17, 15) is 9.18 Å². The fourth-order valence-corrected chi connectivity index (χ4v) is 6.87. The van der Waals surface area contributed by atoms with Gasteiger partial charge in [0.1, 0.15) is 17.2 Å². The number of nitrogens with one attached hydrogen (secondary N) is 2. The molecule has 38 heavy (non-hydrogen) atoms. The number of imidazole rings is 1. The van der Waals surface area contributed by atoms with Crippen LogP contribution >= 0.6 is 0 Å². The van der Waals surface area contributed by atoms with Crippen molar-refractivity contribution in [2.45, 2.75) is 83.7 Å². The Kier molecular flexibility index (Phi) is 8.18. The Morgan fingerprint density at radius 2 is 2.05 bits per heavy atom. The van der Waals surface area contributed by atoms with Gasteiger partial charge in [-0.1, -0.05) is 45.4 Å². The third-order valence-corrected chi connectivity index (χ3v) is 8.97. The summed E-state index contributed by atoms with van der Waals surface area (Å²) >= 11 is 0. The predicted molar refractivity (Wildman–Crippen MR) is 150 cm³/mol. The van der Waals surface area contributed by atoms with E-state index in [2.05, 4.69) is 42.1 Å². The number of para-hydroxylation sites is 2. The zero-order valence-electron chi connectivity index (χ0n) is 23.1. The van der Waals surface area contributed by atoms with Gasteiger partial charge in [0.05, 0.1) is 17.0 Å². The van der Waals surface area contributed by atoms with E-state index in [0.717, 1.165) is 92.4 Å². The summed E-state index contributed by atoms with van der Waals surface area (Å²) in [5, 5.41) is 3.61. The van der Waals surface area contributed by atoms with Crippen LogP contribution in [0.15, 0.2) is 42.5 Å². The number of aromatic nitrogens is 2. The van der Waals surface area contributed by atoms with Gasteiger partial charge in [-0.15, -0.1) is 0 Å². The van der Waals surface area contributed by atoms with E-state index in [0.29, 0.717) is 5.92 Å². The van der Waals surface area contributed by atoms with Crippen molar-refractivity contribution in [1.82, 2.24) is 15.3 Å². The molecule has 204 valence electrons. The second kappa shape index (κ2) is 11.6. The molecular weight excluding hydrogens is 477 g/mol. The lowest BCUT2D eigenvalue weighted by molar-refractivity contribution is -0.178. The highest BCUT2D eigenvalue weighted by Gasteiger charge is 2.49. The zero-order valence-corrected chi connectivity index (χ0v) is 23.1. The molecule has 1 saturated carbocycles. The van der Waals surface area contributed by atoms with Crippen LogP contribution < -0.4 is 5.32 Å². The minimum absolute atomic E-state index is 0.0239. The molecule has 4 atom stereocenters. The summed E-state index contributed by atoms with van der Waals surface area (Å²) in [7, 11) is 0. The van der Waals surface area contributed by atoms with Crippen molar-refractivity contribution in [3.8, 4) is 0 Å². The maximum Gasteiger partial charge on any atom is 0.309 e. The maximum absolute atomic E-state index is 14.1. The summed E-state index contributed by atoms with van der Waals surface area (Å²) in [5.74, 6) is 1.58. The van der Waals surface area contributed by atoms with Gasteiger partial charge in [-0.05, 0) is 92.4 Å². The lowest BCUT2D eigenvalue weighted by Crippen LogP contribution is -2.50. The Morgan fingerprint density at radius 1 is 1.21 bits per heavy atom. The molecule has 0 saturated heterocycles. The molecule has 0 amide bonds. The van der Waals surface area contributed by atoms with Gasteiger partial charge in [0.15, 0.2) is 0 Å². The average molecular weight is 520 g/mol. The molecule has 5 nitrogen and oxygen atoms in total. The number of nitrogens with zero attached hydrogens (tertiary/aromatic N) is 1. The van der Waals surface area contributed by atoms with Crippen LogP contribution in [-0.2, 0) is 22.4 Å². The number of halogens is 1. The minimum Gasteiger partial charge on any atom is -0.458 e. The van der Waals surface area contributed by atoms with Crippen LogP contribution in [0.1, 0.15) is 82.2 Å². The number of fused-ring (bicyclic) bond motifs is 2. The van der Waals surface area contributed by atoms with E-state index < -0.39 is 5.60 Å². The summed E-state index contributed by atoms with van der Waals surface area (Å²) in [6.45, 7) is 8.21. The lowest BCUT2D eigenvalue weighted by atomic mass is 9.65. The van der Waals surface area contributed by atoms with E-state index in [1.165, 1.54) is 0 Å². The summed E-state index contributed by atoms with van der Waals surface area (Å²) in [6.07, 6.45) is 7.16. The molecule has 0 radical (unpaired) electrons. The number of rotatable bonds is 11. The Hall–Kier alpha value is -2.73. The molecule has 2 unspecified atom stereocenters. The molecule has 1 heterocycles. The molecule has 2 aliphatic carbocycles. The van der Waals surface area contributed by atoms with Gasteiger partial charge >= 0.3 is 5.97 Å². The first kappa shape index (κ1) is 26.9. The molecule has 6 heteroatoms. The Morgan fingerprint density at radius 3 is 2.79 bits per heavy atom. The number of carbonyl (C=O) groups is 1. The van der Waals surface area contributed by atoms with Crippen LogP contribution in [0.2, 0.25) is 0 Å². The first-order chi connectivity index (χ1) is 18.4. The molecule has 5 rings (SSSR count). The smallest absolute Gasteiger partial charge is 0.309 e. The standard InChI is InChI=1S/C32H42FN3O2/c1-4-22-11-13-26(22)31(37)38-32(16-15-23-20-24(33)12-14-25(23)30(32)21(2)3)17-19-34-18-7-10-29-35-27-8-5-6-9-28(27)36-29/h5-6,8-9,12,14,20-22,26,30,34H,4,7,10-11,13,15-19H2,1-3H3,(H,35,36)/t22?,26?,30-,32+/m0/s1. The van der Waals surface area contributed by atoms with E-state index in [1.54, 1.807) is 12.1 Å². The first-order valence-electron chi connectivity index (χ1n) is 14.6. The molecule has 0 spiro atoms. The minimum atomic E-state index is -0.574. The van der Waals surface area contributed by atoms with Crippen LogP contribution in [0.25, 0.3) is 11.0 Å². The number of hydrogen-bond donors (Lipinski definition) is 2. The van der Waals surface area contributed by atoms with Gasteiger partial charge in [0, 0.05) is 18.8 Å². The molecule has 1 aromatic heterocycles. The lowest BCUT2D eigenvalue weighted by Gasteiger charge is -2.48. The van der Waals surface area contributed by atoms with Crippen molar-refractivity contribution in [3.05, 3.63) is 65.2 Å². The van der Waals surface area contributed by atoms with Crippen LogP contribution in [0, 0.1) is 23.6 Å². The third kappa shape index (κ3) is 5.51. The van der Waals surface area contributed by atoms with Crippen molar-refractivity contribution in [1.29, 1.82) is 0 Å². The molecular formula is C32H42FN3O2. The topological polar surface area (TPSA) is 67.0 Å². The maximum atomic E-state index is 14.1. The molecule has 0 aliphatic heterocycles. The molecule has 1 fully saturated rings. The second-order valence-electron chi connectivity index (χ2n) is 11.7. The fourth-order valence-electron chi connectivity index (χ4n) is 6.87. The molecule has 2 aliphatic rings. The first-order valence-corrected chi connectivity index (χ1v) is 14.6. The van der Waals surface area contributed by atoms with E-state index in [1.807, 2.05) is 24.3 Å². The number of ether oxygens (including phenoxy) is 1. The zero-order chi connectivity index (χ0) is 26.7. The predicted octanol–water partition coefficient (Wildman–Crippen LogP) is 6.72. The van der Waals surface area contributed by atoms with Gasteiger partial charge in [-0.2, -0.15) is 0 Å². The number of H-pyrrole nitrogens is 1. The second-order valence-corrected chi connectivity index (χ2v) is 11.7. The highest BCUT2D eigenvalue weighted by atomic mass is 19.1. The highest BCUT2D eigenvalue weighted by molar-refractivity contribution is 5.75. The summed E-state index contributed by atoms with van der Waals surface area (Å²) in [6, 6.07) is 13.3. The van der Waals surface area contributed by atoms with Gasteiger partial charge in [-0.3, -0.25) is 4.79 Å². The quantitative estimate of drug-likeness (QED) is 0.218. The number of aromatic amines is 1. The SMILES string of the molecule is CCC1CCC1C(=O)O[C@@]1(CCNCCCc2nc3ccccc3[nH]2)CCc2cc(F)ccc2[C@@H]1C(C)C. The van der Waals surface area contributed by atoms with E-state index >= 15 is 0 Å².